The number of nitrogens with zero attached hydrogens (tertiary/aromatic N) is 1. The van der Waals surface area contributed by atoms with Gasteiger partial charge in [0, 0.05) is 38.2 Å². The quantitative estimate of drug-likeness (QED) is 0.719. The Hall–Kier alpha value is 0.230. The zero-order chi connectivity index (χ0) is 9.73. The Morgan fingerprint density at radius 3 is 2.54 bits per heavy atom. The van der Waals surface area contributed by atoms with Crippen molar-refractivity contribution in [3.63, 3.8) is 0 Å². The molecule has 0 aromatic rings. The molecule has 1 aliphatic heterocycles. The normalized spacial score (nSPS) is 24.2. The molecule has 1 heterocycles. The van der Waals surface area contributed by atoms with E-state index in [1.54, 1.807) is 7.11 Å². The van der Waals surface area contributed by atoms with Crippen molar-refractivity contribution < 1.29 is 4.74 Å². The molecule has 1 unspecified atom stereocenters. The van der Waals surface area contributed by atoms with Crippen LogP contribution in [0.15, 0.2) is 0 Å². The summed E-state index contributed by atoms with van der Waals surface area (Å²) >= 11 is 2.02. The van der Waals surface area contributed by atoms with E-state index >= 15 is 0 Å². The third-order valence-electron chi connectivity index (χ3n) is 2.67. The molecule has 0 radical (unpaired) electrons. The summed E-state index contributed by atoms with van der Waals surface area (Å²) < 4.78 is 5.22. The topological polar surface area (TPSA) is 38.5 Å². The Morgan fingerprint density at radius 1 is 1.46 bits per heavy atom. The first-order valence-corrected chi connectivity index (χ1v) is 5.90. The van der Waals surface area contributed by atoms with Crippen LogP contribution in [-0.2, 0) is 4.74 Å². The van der Waals surface area contributed by atoms with Gasteiger partial charge < -0.3 is 10.5 Å². The van der Waals surface area contributed by atoms with E-state index in [1.165, 1.54) is 11.5 Å². The first kappa shape index (κ1) is 11.3. The van der Waals surface area contributed by atoms with E-state index in [4.69, 9.17) is 10.5 Å². The second-order valence-corrected chi connectivity index (χ2v) is 4.96. The second kappa shape index (κ2) is 5.20. The number of ether oxygens (including phenoxy) is 1. The fourth-order valence-electron chi connectivity index (χ4n) is 1.69. The molecule has 0 saturated carbocycles. The Labute approximate surface area is 85.0 Å². The van der Waals surface area contributed by atoms with Crippen molar-refractivity contribution in [2.45, 2.75) is 12.5 Å². The smallest absolute Gasteiger partial charge is 0.0656 e. The van der Waals surface area contributed by atoms with Crippen molar-refractivity contribution in [1.82, 2.24) is 4.90 Å². The summed E-state index contributed by atoms with van der Waals surface area (Å²) in [5.41, 5.74) is 5.83. The van der Waals surface area contributed by atoms with Gasteiger partial charge in [-0.2, -0.15) is 11.8 Å². The zero-order valence-corrected chi connectivity index (χ0v) is 9.40. The maximum Gasteiger partial charge on any atom is 0.0656 e. The average Bonchev–Trinajstić information content (AvgIpc) is 2.19. The molecule has 1 saturated heterocycles. The number of nitrogens with two attached hydrogens (primary N) is 1. The monoisotopic (exact) mass is 204 g/mol. The molecule has 3 nitrogen and oxygen atoms in total. The van der Waals surface area contributed by atoms with E-state index in [0.717, 1.165) is 19.7 Å². The van der Waals surface area contributed by atoms with Gasteiger partial charge in [-0.1, -0.05) is 0 Å². The van der Waals surface area contributed by atoms with Gasteiger partial charge in [0.1, 0.15) is 0 Å². The van der Waals surface area contributed by atoms with Crippen LogP contribution in [0.3, 0.4) is 0 Å². The molecular weight excluding hydrogens is 184 g/mol. The summed E-state index contributed by atoms with van der Waals surface area (Å²) in [6.07, 6.45) is 0. The molecular formula is C9H20N2OS. The van der Waals surface area contributed by atoms with E-state index in [0.29, 0.717) is 6.54 Å². The molecule has 0 aromatic heterocycles. The van der Waals surface area contributed by atoms with Crippen LogP contribution < -0.4 is 5.73 Å². The first-order valence-electron chi connectivity index (χ1n) is 4.75. The highest BCUT2D eigenvalue weighted by Crippen LogP contribution is 2.19. The molecule has 0 amide bonds. The molecule has 0 spiro atoms. The molecule has 2 N–H and O–H groups in total. The summed E-state index contributed by atoms with van der Waals surface area (Å²) in [7, 11) is 1.74. The van der Waals surface area contributed by atoms with Gasteiger partial charge in [-0.25, -0.2) is 0 Å². The number of thioether (sulfide) groups is 1. The molecule has 4 heteroatoms. The van der Waals surface area contributed by atoms with Gasteiger partial charge in [-0.05, 0) is 6.92 Å². The van der Waals surface area contributed by atoms with Crippen LogP contribution in [0.1, 0.15) is 6.92 Å². The van der Waals surface area contributed by atoms with Gasteiger partial charge in [0.2, 0.25) is 0 Å². The van der Waals surface area contributed by atoms with Gasteiger partial charge in [0.15, 0.2) is 0 Å². The standard InChI is InChI=1S/C9H20N2OS/c1-9(7-10,8-12-2)11-3-5-13-6-4-11/h3-8,10H2,1-2H3. The highest BCUT2D eigenvalue weighted by molar-refractivity contribution is 7.99. The van der Waals surface area contributed by atoms with Crippen molar-refractivity contribution >= 4 is 11.8 Å². The van der Waals surface area contributed by atoms with Crippen molar-refractivity contribution in [3.05, 3.63) is 0 Å². The molecule has 1 fully saturated rings. The minimum absolute atomic E-state index is 0.0374. The largest absolute Gasteiger partial charge is 0.383 e. The summed E-state index contributed by atoms with van der Waals surface area (Å²) in [5, 5.41) is 0. The zero-order valence-electron chi connectivity index (χ0n) is 8.58. The summed E-state index contributed by atoms with van der Waals surface area (Å²) in [6.45, 7) is 5.87. The van der Waals surface area contributed by atoms with Crippen LogP contribution in [0.5, 0.6) is 0 Å². The van der Waals surface area contributed by atoms with Crippen LogP contribution in [0, 0.1) is 0 Å². The number of methoxy groups -OCH3 is 1. The summed E-state index contributed by atoms with van der Waals surface area (Å²) in [5.74, 6) is 2.44. The number of rotatable bonds is 4. The fraction of sp³-hybridized carbons (Fsp3) is 1.00. The highest BCUT2D eigenvalue weighted by Gasteiger charge is 2.31. The predicted octanol–water partition coefficient (Wildman–Crippen LogP) is 0.399. The van der Waals surface area contributed by atoms with Crippen LogP contribution in [0.25, 0.3) is 0 Å². The van der Waals surface area contributed by atoms with Crippen LogP contribution in [-0.4, -0.2) is 55.3 Å². The van der Waals surface area contributed by atoms with E-state index in [9.17, 15) is 0 Å². The van der Waals surface area contributed by atoms with Gasteiger partial charge in [0.05, 0.1) is 12.1 Å². The molecule has 1 rings (SSSR count). The molecule has 13 heavy (non-hydrogen) atoms. The molecule has 0 bridgehead atoms. The Bertz CT molecular complexity index is 151. The highest BCUT2D eigenvalue weighted by atomic mass is 32.2. The SMILES string of the molecule is COCC(C)(CN)N1CCSCC1. The third-order valence-corrected chi connectivity index (χ3v) is 3.61. The Morgan fingerprint density at radius 2 is 2.08 bits per heavy atom. The molecule has 1 atom stereocenters. The number of hydrogen-bond donors (Lipinski definition) is 1. The van der Waals surface area contributed by atoms with Crippen molar-refractivity contribution in [1.29, 1.82) is 0 Å². The summed E-state index contributed by atoms with van der Waals surface area (Å²) in [6, 6.07) is 0. The van der Waals surface area contributed by atoms with Gasteiger partial charge in [-0.15, -0.1) is 0 Å². The van der Waals surface area contributed by atoms with E-state index < -0.39 is 0 Å². The fourth-order valence-corrected chi connectivity index (χ4v) is 2.60. The second-order valence-electron chi connectivity index (χ2n) is 3.73. The lowest BCUT2D eigenvalue weighted by Gasteiger charge is -2.42. The molecule has 0 aromatic carbocycles. The third kappa shape index (κ3) is 2.84. The minimum atomic E-state index is 0.0374. The van der Waals surface area contributed by atoms with Crippen molar-refractivity contribution in [2.75, 3.05) is 44.9 Å². The average molecular weight is 204 g/mol. The maximum absolute atomic E-state index is 5.80. The molecule has 1 aliphatic rings. The van der Waals surface area contributed by atoms with Gasteiger partial charge >= 0.3 is 0 Å². The van der Waals surface area contributed by atoms with Crippen molar-refractivity contribution in [2.24, 2.45) is 5.73 Å². The van der Waals surface area contributed by atoms with Gasteiger partial charge in [0.25, 0.3) is 0 Å². The number of hydrogen-bond acceptors (Lipinski definition) is 4. The maximum atomic E-state index is 5.80. The van der Waals surface area contributed by atoms with Crippen LogP contribution in [0.4, 0.5) is 0 Å². The lowest BCUT2D eigenvalue weighted by atomic mass is 10.0. The van der Waals surface area contributed by atoms with Crippen LogP contribution in [0.2, 0.25) is 0 Å². The van der Waals surface area contributed by atoms with Gasteiger partial charge in [-0.3, -0.25) is 4.90 Å². The van der Waals surface area contributed by atoms with E-state index in [1.807, 2.05) is 11.8 Å². The lowest BCUT2D eigenvalue weighted by Crippen LogP contribution is -2.57. The Balaban J connectivity index is 2.51. The summed E-state index contributed by atoms with van der Waals surface area (Å²) in [4.78, 5) is 2.45. The van der Waals surface area contributed by atoms with Crippen LogP contribution >= 0.6 is 11.8 Å². The van der Waals surface area contributed by atoms with E-state index in [2.05, 4.69) is 11.8 Å². The lowest BCUT2D eigenvalue weighted by molar-refractivity contribution is 0.0333. The van der Waals surface area contributed by atoms with Crippen molar-refractivity contribution in [3.8, 4) is 0 Å². The molecule has 78 valence electrons. The molecule has 0 aliphatic carbocycles. The predicted molar refractivity (Wildman–Crippen MR) is 58.2 cm³/mol. The van der Waals surface area contributed by atoms with E-state index in [-0.39, 0.29) is 5.54 Å². The Kier molecular flexibility index (Phi) is 4.52. The minimum Gasteiger partial charge on any atom is -0.383 e. The first-order chi connectivity index (χ1) is 6.23.